The molecule has 0 saturated heterocycles. The van der Waals surface area contributed by atoms with E-state index in [2.05, 4.69) is 45.6 Å². The van der Waals surface area contributed by atoms with E-state index in [1.54, 1.807) is 17.5 Å². The van der Waals surface area contributed by atoms with Gasteiger partial charge in [0.15, 0.2) is 0 Å². The van der Waals surface area contributed by atoms with Gasteiger partial charge in [0.1, 0.15) is 5.01 Å². The van der Waals surface area contributed by atoms with Crippen LogP contribution in [0.1, 0.15) is 11.1 Å². The molecule has 4 aromatic rings. The van der Waals surface area contributed by atoms with E-state index < -0.39 is 0 Å². The Morgan fingerprint density at radius 3 is 2.69 bits per heavy atom. The van der Waals surface area contributed by atoms with Crippen LogP contribution >= 0.6 is 27.3 Å². The monoisotopic (exact) mass is 463 g/mol. The van der Waals surface area contributed by atoms with Crippen LogP contribution in [0.2, 0.25) is 0 Å². The molecule has 4 rings (SSSR count). The number of aryl methyl sites for hydroxylation is 1. The second kappa shape index (κ2) is 8.59. The maximum Gasteiger partial charge on any atom is 0.323 e. The van der Waals surface area contributed by atoms with Crippen molar-refractivity contribution in [3.05, 3.63) is 88.5 Å². The molecule has 3 aromatic carbocycles. The maximum atomic E-state index is 12.1. The van der Waals surface area contributed by atoms with Gasteiger partial charge < -0.3 is 10.6 Å². The summed E-state index contributed by atoms with van der Waals surface area (Å²) in [6, 6.07) is 21.5. The lowest BCUT2D eigenvalue weighted by Crippen LogP contribution is -2.23. The van der Waals surface area contributed by atoms with Crippen molar-refractivity contribution in [3.8, 4) is 10.6 Å². The molecule has 0 unspecified atom stereocenters. The fraction of sp³-hybridized carbons (Fsp3) is 0.0435. The predicted molar refractivity (Wildman–Crippen MR) is 125 cm³/mol. The van der Waals surface area contributed by atoms with E-state index in [0.29, 0.717) is 0 Å². The normalized spacial score (nSPS) is 11.1. The molecule has 0 bridgehead atoms. The molecule has 6 heteroatoms. The molecule has 1 aromatic heterocycles. The number of hydrogen-bond donors (Lipinski definition) is 2. The molecular formula is C23H18BrN3OS. The highest BCUT2D eigenvalue weighted by atomic mass is 79.9. The van der Waals surface area contributed by atoms with Gasteiger partial charge in [-0.05, 0) is 72.7 Å². The molecule has 0 aliphatic rings. The lowest BCUT2D eigenvalue weighted by Gasteiger charge is -2.05. The summed E-state index contributed by atoms with van der Waals surface area (Å²) in [5.41, 5.74) is 4.99. The van der Waals surface area contributed by atoms with E-state index in [0.717, 1.165) is 31.8 Å². The number of nitrogens with zero attached hydrogens (tertiary/aromatic N) is 1. The maximum absolute atomic E-state index is 12.1. The number of hydrogen-bond acceptors (Lipinski definition) is 3. The molecule has 2 N–H and O–H groups in total. The Hall–Kier alpha value is -2.96. The van der Waals surface area contributed by atoms with Gasteiger partial charge in [-0.25, -0.2) is 9.78 Å². The van der Waals surface area contributed by atoms with Crippen LogP contribution < -0.4 is 10.6 Å². The largest absolute Gasteiger partial charge is 0.323 e. The highest BCUT2D eigenvalue weighted by molar-refractivity contribution is 9.10. The third-order valence-corrected chi connectivity index (χ3v) is 5.83. The minimum atomic E-state index is -0.292. The molecule has 2 amide bonds. The molecular weight excluding hydrogens is 446 g/mol. The minimum Gasteiger partial charge on any atom is -0.314 e. The number of benzene rings is 3. The van der Waals surface area contributed by atoms with Crippen molar-refractivity contribution < 1.29 is 4.79 Å². The average Bonchev–Trinajstić information content (AvgIpc) is 3.12. The molecule has 0 spiro atoms. The first kappa shape index (κ1) is 19.4. The number of rotatable bonds is 4. The Bertz CT molecular complexity index is 1200. The first-order valence-corrected chi connectivity index (χ1v) is 10.6. The van der Waals surface area contributed by atoms with Crippen molar-refractivity contribution in [3.63, 3.8) is 0 Å². The molecule has 29 heavy (non-hydrogen) atoms. The number of halogens is 1. The summed E-state index contributed by atoms with van der Waals surface area (Å²) < 4.78 is 2.17. The zero-order valence-electron chi connectivity index (χ0n) is 15.6. The van der Waals surface area contributed by atoms with Crippen molar-refractivity contribution >= 4 is 55.3 Å². The van der Waals surface area contributed by atoms with Crippen LogP contribution in [0, 0.1) is 6.92 Å². The van der Waals surface area contributed by atoms with Crippen LogP contribution in [-0.2, 0) is 0 Å². The smallest absolute Gasteiger partial charge is 0.314 e. The zero-order valence-corrected chi connectivity index (χ0v) is 18.0. The average molecular weight is 464 g/mol. The van der Waals surface area contributed by atoms with Crippen molar-refractivity contribution in [1.29, 1.82) is 0 Å². The quantitative estimate of drug-likeness (QED) is 0.348. The summed E-state index contributed by atoms with van der Waals surface area (Å²) in [6.45, 7) is 2.08. The molecule has 0 atom stereocenters. The van der Waals surface area contributed by atoms with E-state index >= 15 is 0 Å². The Morgan fingerprint density at radius 1 is 1.07 bits per heavy atom. The summed E-state index contributed by atoms with van der Waals surface area (Å²) in [7, 11) is 0. The van der Waals surface area contributed by atoms with Gasteiger partial charge in [0.2, 0.25) is 0 Å². The third kappa shape index (κ3) is 4.91. The van der Waals surface area contributed by atoms with E-state index in [9.17, 15) is 4.79 Å². The number of carbonyl (C=O) groups is 1. The molecule has 4 nitrogen and oxygen atoms in total. The standard InChI is InChI=1S/C23H18BrN3OS/c1-15-5-10-20-21(13-15)29-22(27-20)17-6-8-19(9-7-17)26-23(28)25-12-11-16-3-2-4-18(24)14-16/h2-14H,1H3,(H2,25,26,28)/b12-11+. The van der Waals surface area contributed by atoms with Crippen LogP contribution in [0.5, 0.6) is 0 Å². The van der Waals surface area contributed by atoms with Crippen LogP contribution in [0.3, 0.4) is 0 Å². The SMILES string of the molecule is Cc1ccc2nc(-c3ccc(NC(=O)N/C=C/c4cccc(Br)c4)cc3)sc2c1. The summed E-state index contributed by atoms with van der Waals surface area (Å²) >= 11 is 5.10. The summed E-state index contributed by atoms with van der Waals surface area (Å²) in [4.78, 5) is 16.8. The second-order valence-corrected chi connectivity index (χ2v) is 8.50. The van der Waals surface area contributed by atoms with E-state index in [4.69, 9.17) is 4.98 Å². The number of urea groups is 1. The number of anilines is 1. The van der Waals surface area contributed by atoms with Gasteiger partial charge in [-0.1, -0.05) is 34.1 Å². The Kier molecular flexibility index (Phi) is 5.74. The predicted octanol–water partition coefficient (Wildman–Crippen LogP) is 6.83. The first-order valence-electron chi connectivity index (χ1n) is 9.04. The van der Waals surface area contributed by atoms with Gasteiger partial charge in [0.25, 0.3) is 0 Å². The van der Waals surface area contributed by atoms with Crippen LogP contribution in [-0.4, -0.2) is 11.0 Å². The summed E-state index contributed by atoms with van der Waals surface area (Å²) in [6.07, 6.45) is 3.46. The van der Waals surface area contributed by atoms with Crippen molar-refractivity contribution in [2.24, 2.45) is 0 Å². The molecule has 0 aliphatic heterocycles. The van der Waals surface area contributed by atoms with E-state index in [1.165, 1.54) is 10.3 Å². The van der Waals surface area contributed by atoms with Crippen molar-refractivity contribution in [2.75, 3.05) is 5.32 Å². The summed E-state index contributed by atoms with van der Waals surface area (Å²) in [5.74, 6) is 0. The Labute approximate surface area is 181 Å². The number of fused-ring (bicyclic) bond motifs is 1. The topological polar surface area (TPSA) is 54.0 Å². The van der Waals surface area contributed by atoms with Crippen LogP contribution in [0.15, 0.2) is 77.4 Å². The van der Waals surface area contributed by atoms with E-state index in [-0.39, 0.29) is 6.03 Å². The number of amides is 2. The lowest BCUT2D eigenvalue weighted by molar-refractivity contribution is 0.255. The van der Waals surface area contributed by atoms with Gasteiger partial charge in [-0.2, -0.15) is 0 Å². The molecule has 1 heterocycles. The van der Waals surface area contributed by atoms with E-state index in [1.807, 2.05) is 60.7 Å². The Balaban J connectivity index is 1.39. The second-order valence-electron chi connectivity index (χ2n) is 6.55. The molecule has 0 aliphatic carbocycles. The fourth-order valence-corrected chi connectivity index (χ4v) is 4.33. The minimum absolute atomic E-state index is 0.292. The highest BCUT2D eigenvalue weighted by Gasteiger charge is 2.07. The van der Waals surface area contributed by atoms with Gasteiger partial charge in [-0.15, -0.1) is 11.3 Å². The molecule has 0 radical (unpaired) electrons. The third-order valence-electron chi connectivity index (χ3n) is 4.27. The number of thiazole rings is 1. The zero-order chi connectivity index (χ0) is 20.2. The number of aromatic nitrogens is 1. The number of carbonyl (C=O) groups excluding carboxylic acids is 1. The number of nitrogens with one attached hydrogen (secondary N) is 2. The van der Waals surface area contributed by atoms with Gasteiger partial charge in [0, 0.05) is 21.9 Å². The van der Waals surface area contributed by atoms with Crippen LogP contribution in [0.4, 0.5) is 10.5 Å². The highest BCUT2D eigenvalue weighted by Crippen LogP contribution is 2.31. The first-order chi connectivity index (χ1) is 14.1. The fourth-order valence-electron chi connectivity index (χ4n) is 2.84. The van der Waals surface area contributed by atoms with Gasteiger partial charge >= 0.3 is 6.03 Å². The lowest BCUT2D eigenvalue weighted by atomic mass is 10.2. The Morgan fingerprint density at radius 2 is 1.90 bits per heavy atom. The summed E-state index contributed by atoms with van der Waals surface area (Å²) in [5, 5.41) is 6.51. The van der Waals surface area contributed by atoms with Crippen molar-refractivity contribution in [1.82, 2.24) is 10.3 Å². The van der Waals surface area contributed by atoms with Crippen molar-refractivity contribution in [2.45, 2.75) is 6.92 Å². The van der Waals surface area contributed by atoms with Gasteiger partial charge in [-0.3, -0.25) is 0 Å². The molecule has 0 fully saturated rings. The van der Waals surface area contributed by atoms with Gasteiger partial charge in [0.05, 0.1) is 10.2 Å². The van der Waals surface area contributed by atoms with Crippen LogP contribution in [0.25, 0.3) is 26.9 Å². The molecule has 144 valence electrons. The molecule has 0 saturated carbocycles.